The third kappa shape index (κ3) is 3.73. The van der Waals surface area contributed by atoms with E-state index in [1.165, 1.54) is 0 Å². The van der Waals surface area contributed by atoms with Gasteiger partial charge in [-0.05, 0) is 6.07 Å². The summed E-state index contributed by atoms with van der Waals surface area (Å²) >= 11 is 0. The quantitative estimate of drug-likeness (QED) is 0.672. The van der Waals surface area contributed by atoms with Crippen molar-refractivity contribution in [2.45, 2.75) is 12.6 Å². The second kappa shape index (κ2) is 6.37. The first-order valence-electron chi connectivity index (χ1n) is 5.07. The van der Waals surface area contributed by atoms with Crippen LogP contribution in [0.4, 0.5) is 5.95 Å². The summed E-state index contributed by atoms with van der Waals surface area (Å²) in [5.41, 5.74) is 6.27. The number of hydrogen-bond acceptors (Lipinski definition) is 6. The molecule has 0 saturated carbocycles. The molecule has 0 fully saturated rings. The minimum Gasteiger partial charge on any atom is -0.389 e. The SMILES string of the molecule is COCC(O)CN(C)c1nccc(CN)n1. The zero-order valence-corrected chi connectivity index (χ0v) is 9.63. The molecule has 0 spiro atoms. The fourth-order valence-electron chi connectivity index (χ4n) is 1.33. The van der Waals surface area contributed by atoms with E-state index < -0.39 is 6.10 Å². The second-order valence-electron chi connectivity index (χ2n) is 3.54. The third-order valence-corrected chi connectivity index (χ3v) is 2.09. The number of hydrogen-bond donors (Lipinski definition) is 2. The summed E-state index contributed by atoms with van der Waals surface area (Å²) in [6, 6.07) is 1.77. The van der Waals surface area contributed by atoms with E-state index in [4.69, 9.17) is 10.5 Å². The van der Waals surface area contributed by atoms with Crippen LogP contribution in [0, 0.1) is 0 Å². The Kier molecular flexibility index (Phi) is 5.10. The Balaban J connectivity index is 2.61. The van der Waals surface area contributed by atoms with Crippen molar-refractivity contribution in [1.29, 1.82) is 0 Å². The molecule has 0 aliphatic heterocycles. The van der Waals surface area contributed by atoms with Crippen molar-refractivity contribution in [2.24, 2.45) is 5.73 Å². The molecule has 0 radical (unpaired) electrons. The highest BCUT2D eigenvalue weighted by Gasteiger charge is 2.10. The van der Waals surface area contributed by atoms with Gasteiger partial charge in [0.25, 0.3) is 0 Å². The molecule has 0 aliphatic carbocycles. The van der Waals surface area contributed by atoms with Crippen LogP contribution in [0.15, 0.2) is 12.3 Å². The van der Waals surface area contributed by atoms with E-state index in [0.717, 1.165) is 5.69 Å². The molecule has 0 aliphatic rings. The summed E-state index contributed by atoms with van der Waals surface area (Å²) in [4.78, 5) is 10.1. The number of nitrogens with two attached hydrogens (primary N) is 1. The normalized spacial score (nSPS) is 12.5. The van der Waals surface area contributed by atoms with Crippen molar-refractivity contribution in [3.63, 3.8) is 0 Å². The Hall–Kier alpha value is -1.24. The number of rotatable bonds is 6. The van der Waals surface area contributed by atoms with Crippen molar-refractivity contribution in [3.05, 3.63) is 18.0 Å². The Morgan fingerprint density at radius 2 is 2.38 bits per heavy atom. The van der Waals surface area contributed by atoms with Crippen molar-refractivity contribution >= 4 is 5.95 Å². The maximum absolute atomic E-state index is 9.56. The Bertz CT molecular complexity index is 321. The van der Waals surface area contributed by atoms with Crippen molar-refractivity contribution in [3.8, 4) is 0 Å². The first kappa shape index (κ1) is 12.8. The van der Waals surface area contributed by atoms with E-state index in [-0.39, 0.29) is 0 Å². The number of aliphatic hydroxyl groups is 1. The van der Waals surface area contributed by atoms with Gasteiger partial charge in [-0.1, -0.05) is 0 Å². The molecule has 90 valence electrons. The summed E-state index contributed by atoms with van der Waals surface area (Å²) in [7, 11) is 3.36. The molecular weight excluding hydrogens is 208 g/mol. The van der Waals surface area contributed by atoms with Gasteiger partial charge in [-0.3, -0.25) is 0 Å². The van der Waals surface area contributed by atoms with E-state index in [1.807, 2.05) is 7.05 Å². The van der Waals surface area contributed by atoms with Crippen LogP contribution in [0.3, 0.4) is 0 Å². The van der Waals surface area contributed by atoms with Gasteiger partial charge >= 0.3 is 0 Å². The highest BCUT2D eigenvalue weighted by atomic mass is 16.5. The molecular formula is C10H18N4O2. The maximum atomic E-state index is 9.56. The number of ether oxygens (including phenoxy) is 1. The molecule has 3 N–H and O–H groups in total. The van der Waals surface area contributed by atoms with Crippen LogP contribution in [-0.2, 0) is 11.3 Å². The van der Waals surface area contributed by atoms with E-state index in [1.54, 1.807) is 24.3 Å². The molecule has 6 heteroatoms. The molecule has 6 nitrogen and oxygen atoms in total. The van der Waals surface area contributed by atoms with Crippen LogP contribution in [0.1, 0.15) is 5.69 Å². The van der Waals surface area contributed by atoms with Gasteiger partial charge in [0.15, 0.2) is 0 Å². The molecule has 1 aromatic rings. The first-order valence-corrected chi connectivity index (χ1v) is 5.07. The van der Waals surface area contributed by atoms with E-state index in [2.05, 4.69) is 9.97 Å². The lowest BCUT2D eigenvalue weighted by Gasteiger charge is -2.20. The van der Waals surface area contributed by atoms with E-state index >= 15 is 0 Å². The first-order chi connectivity index (χ1) is 7.67. The zero-order valence-electron chi connectivity index (χ0n) is 9.63. The fourth-order valence-corrected chi connectivity index (χ4v) is 1.33. The molecule has 0 bridgehead atoms. The number of likely N-dealkylation sites (N-methyl/N-ethyl adjacent to an activating group) is 1. The van der Waals surface area contributed by atoms with Gasteiger partial charge in [-0.25, -0.2) is 9.97 Å². The van der Waals surface area contributed by atoms with Gasteiger partial charge in [-0.15, -0.1) is 0 Å². The largest absolute Gasteiger partial charge is 0.389 e. The highest BCUT2D eigenvalue weighted by Crippen LogP contribution is 2.05. The van der Waals surface area contributed by atoms with Crippen LogP contribution in [-0.4, -0.2) is 48.5 Å². The topological polar surface area (TPSA) is 84.5 Å². The second-order valence-corrected chi connectivity index (χ2v) is 3.54. The summed E-state index contributed by atoms with van der Waals surface area (Å²) in [5.74, 6) is 0.554. The smallest absolute Gasteiger partial charge is 0.225 e. The lowest BCUT2D eigenvalue weighted by atomic mass is 10.3. The molecule has 0 saturated heterocycles. The Morgan fingerprint density at radius 1 is 1.62 bits per heavy atom. The predicted octanol–water partition coefficient (Wildman–Crippen LogP) is -0.621. The fraction of sp³-hybridized carbons (Fsp3) is 0.600. The molecule has 1 atom stereocenters. The van der Waals surface area contributed by atoms with Crippen molar-refractivity contribution in [1.82, 2.24) is 9.97 Å². The minimum atomic E-state index is -0.555. The lowest BCUT2D eigenvalue weighted by Crippen LogP contribution is -2.33. The molecule has 1 rings (SSSR count). The Morgan fingerprint density at radius 3 is 3.00 bits per heavy atom. The Labute approximate surface area is 95.1 Å². The van der Waals surface area contributed by atoms with E-state index in [9.17, 15) is 5.11 Å². The molecule has 1 unspecified atom stereocenters. The number of methoxy groups -OCH3 is 1. The number of aliphatic hydroxyl groups excluding tert-OH is 1. The monoisotopic (exact) mass is 226 g/mol. The number of aromatic nitrogens is 2. The third-order valence-electron chi connectivity index (χ3n) is 2.09. The average molecular weight is 226 g/mol. The molecule has 0 aromatic carbocycles. The number of nitrogens with zero attached hydrogens (tertiary/aromatic N) is 3. The predicted molar refractivity (Wildman–Crippen MR) is 61.1 cm³/mol. The van der Waals surface area contributed by atoms with Gasteiger partial charge in [0.2, 0.25) is 5.95 Å². The molecule has 1 aromatic heterocycles. The van der Waals surface area contributed by atoms with Gasteiger partial charge < -0.3 is 20.5 Å². The zero-order chi connectivity index (χ0) is 12.0. The molecule has 0 amide bonds. The summed E-state index contributed by atoms with van der Waals surface area (Å²) in [6.07, 6.45) is 1.10. The molecule has 1 heterocycles. The van der Waals surface area contributed by atoms with Crippen molar-refractivity contribution in [2.75, 3.05) is 32.2 Å². The average Bonchev–Trinajstić information content (AvgIpc) is 2.29. The van der Waals surface area contributed by atoms with Crippen LogP contribution in [0.2, 0.25) is 0 Å². The van der Waals surface area contributed by atoms with Crippen molar-refractivity contribution < 1.29 is 9.84 Å². The van der Waals surface area contributed by atoms with Gasteiger partial charge in [0, 0.05) is 33.4 Å². The maximum Gasteiger partial charge on any atom is 0.225 e. The lowest BCUT2D eigenvalue weighted by molar-refractivity contribution is 0.0693. The van der Waals surface area contributed by atoms with Crippen LogP contribution < -0.4 is 10.6 Å². The van der Waals surface area contributed by atoms with Gasteiger partial charge in [-0.2, -0.15) is 0 Å². The summed E-state index contributed by atoms with van der Waals surface area (Å²) < 4.78 is 4.85. The van der Waals surface area contributed by atoms with Crippen LogP contribution in [0.25, 0.3) is 0 Å². The van der Waals surface area contributed by atoms with Crippen LogP contribution >= 0.6 is 0 Å². The van der Waals surface area contributed by atoms with Gasteiger partial charge in [0.05, 0.1) is 18.4 Å². The minimum absolute atomic E-state index is 0.293. The number of anilines is 1. The van der Waals surface area contributed by atoms with Gasteiger partial charge in [0.1, 0.15) is 0 Å². The summed E-state index contributed by atoms with van der Waals surface area (Å²) in [6.45, 7) is 1.09. The molecule has 16 heavy (non-hydrogen) atoms. The highest BCUT2D eigenvalue weighted by molar-refractivity contribution is 5.28. The summed E-state index contributed by atoms with van der Waals surface area (Å²) in [5, 5.41) is 9.56. The van der Waals surface area contributed by atoms with Crippen LogP contribution in [0.5, 0.6) is 0 Å². The standard InChI is InChI=1S/C10H18N4O2/c1-14(6-9(15)7-16-2)10-12-4-3-8(5-11)13-10/h3-4,9,15H,5-7,11H2,1-2H3. The van der Waals surface area contributed by atoms with E-state index in [0.29, 0.717) is 25.6 Å².